The summed E-state index contributed by atoms with van der Waals surface area (Å²) < 4.78 is 0. The van der Waals surface area contributed by atoms with Crippen molar-refractivity contribution in [3.63, 3.8) is 0 Å². The molecule has 0 heterocycles. The molecular weight excluding hydrogens is 224 g/mol. The Bertz CT molecular complexity index is 120. The second kappa shape index (κ2) is 11.1. The van der Waals surface area contributed by atoms with E-state index >= 15 is 0 Å². The van der Waals surface area contributed by atoms with Crippen molar-refractivity contribution >= 4 is 23.5 Å². The van der Waals surface area contributed by atoms with Crippen LogP contribution in [0.4, 0.5) is 0 Å². The summed E-state index contributed by atoms with van der Waals surface area (Å²) in [4.78, 5) is 2.48. The molecule has 0 aromatic heterocycles. The molecule has 2 nitrogen and oxygen atoms in total. The standard InChI is InChI=1S/C11H26N2S2/c1-5-11(9-14-3)12-7-8-13(6-2)10-15-4/h11-12H,5-10H2,1-4H3. The van der Waals surface area contributed by atoms with Gasteiger partial charge in [0, 0.05) is 30.8 Å². The number of nitrogens with zero attached hydrogens (tertiary/aromatic N) is 1. The third-order valence-corrected chi connectivity index (χ3v) is 3.84. The largest absolute Gasteiger partial charge is 0.312 e. The number of hydrogen-bond acceptors (Lipinski definition) is 4. The van der Waals surface area contributed by atoms with E-state index in [-0.39, 0.29) is 0 Å². The van der Waals surface area contributed by atoms with Gasteiger partial charge in [0.1, 0.15) is 0 Å². The van der Waals surface area contributed by atoms with Crippen LogP contribution < -0.4 is 5.32 Å². The van der Waals surface area contributed by atoms with Crippen LogP contribution in [0.2, 0.25) is 0 Å². The van der Waals surface area contributed by atoms with Gasteiger partial charge in [-0.25, -0.2) is 0 Å². The van der Waals surface area contributed by atoms with Gasteiger partial charge in [0.25, 0.3) is 0 Å². The van der Waals surface area contributed by atoms with E-state index in [9.17, 15) is 0 Å². The second-order valence-electron chi connectivity index (χ2n) is 3.64. The number of thioether (sulfide) groups is 2. The fourth-order valence-electron chi connectivity index (χ4n) is 1.45. The molecule has 0 aromatic carbocycles. The maximum Gasteiger partial charge on any atom is 0.0441 e. The number of rotatable bonds is 10. The molecule has 0 aliphatic heterocycles. The van der Waals surface area contributed by atoms with E-state index in [1.807, 2.05) is 23.5 Å². The molecule has 1 unspecified atom stereocenters. The van der Waals surface area contributed by atoms with E-state index in [1.165, 1.54) is 18.7 Å². The van der Waals surface area contributed by atoms with E-state index in [1.54, 1.807) is 0 Å². The average molecular weight is 250 g/mol. The first-order valence-electron chi connectivity index (χ1n) is 5.72. The Morgan fingerprint density at radius 2 is 1.93 bits per heavy atom. The molecule has 0 rings (SSSR count). The third-order valence-electron chi connectivity index (χ3n) is 2.48. The highest BCUT2D eigenvalue weighted by atomic mass is 32.2. The van der Waals surface area contributed by atoms with Crippen molar-refractivity contribution in [2.24, 2.45) is 0 Å². The van der Waals surface area contributed by atoms with Crippen LogP contribution in [0.1, 0.15) is 20.3 Å². The molecule has 1 N–H and O–H groups in total. The van der Waals surface area contributed by atoms with Crippen molar-refractivity contribution in [3.8, 4) is 0 Å². The van der Waals surface area contributed by atoms with Crippen LogP contribution in [0.5, 0.6) is 0 Å². The Morgan fingerprint density at radius 1 is 1.20 bits per heavy atom. The van der Waals surface area contributed by atoms with E-state index in [0.29, 0.717) is 6.04 Å². The predicted octanol–water partition coefficient (Wildman–Crippen LogP) is 2.36. The first-order valence-corrected chi connectivity index (χ1v) is 8.50. The first-order chi connectivity index (χ1) is 7.28. The van der Waals surface area contributed by atoms with Crippen molar-refractivity contribution in [2.75, 3.05) is 43.8 Å². The summed E-state index contributed by atoms with van der Waals surface area (Å²) in [5.41, 5.74) is 0. The number of likely N-dealkylation sites (N-methyl/N-ethyl adjacent to an activating group) is 1. The molecule has 0 amide bonds. The third kappa shape index (κ3) is 8.43. The number of nitrogens with one attached hydrogen (secondary N) is 1. The van der Waals surface area contributed by atoms with Crippen molar-refractivity contribution in [3.05, 3.63) is 0 Å². The summed E-state index contributed by atoms with van der Waals surface area (Å²) in [6, 6.07) is 0.688. The molecule has 0 saturated heterocycles. The Labute approximate surface area is 104 Å². The molecular formula is C11H26N2S2. The van der Waals surface area contributed by atoms with Gasteiger partial charge < -0.3 is 5.32 Å². The van der Waals surface area contributed by atoms with Gasteiger partial charge in [0.2, 0.25) is 0 Å². The van der Waals surface area contributed by atoms with Gasteiger partial charge in [-0.1, -0.05) is 13.8 Å². The summed E-state index contributed by atoms with van der Waals surface area (Å²) in [5.74, 6) is 2.38. The lowest BCUT2D eigenvalue weighted by Crippen LogP contribution is -2.38. The topological polar surface area (TPSA) is 15.3 Å². The second-order valence-corrected chi connectivity index (χ2v) is 5.39. The molecule has 0 radical (unpaired) electrons. The van der Waals surface area contributed by atoms with Crippen molar-refractivity contribution in [1.29, 1.82) is 0 Å². The summed E-state index contributed by atoms with van der Waals surface area (Å²) in [6.45, 7) is 7.93. The molecule has 0 saturated carbocycles. The van der Waals surface area contributed by atoms with E-state index in [2.05, 4.69) is 36.6 Å². The fraction of sp³-hybridized carbons (Fsp3) is 1.00. The highest BCUT2D eigenvalue weighted by Gasteiger charge is 2.05. The van der Waals surface area contributed by atoms with Gasteiger partial charge in [0.15, 0.2) is 0 Å². The summed E-state index contributed by atoms with van der Waals surface area (Å²) >= 11 is 3.83. The first kappa shape index (κ1) is 15.6. The molecule has 0 fully saturated rings. The van der Waals surface area contributed by atoms with Gasteiger partial charge in [0.05, 0.1) is 0 Å². The van der Waals surface area contributed by atoms with Crippen LogP contribution in [0.25, 0.3) is 0 Å². The lowest BCUT2D eigenvalue weighted by Gasteiger charge is -2.21. The fourth-order valence-corrected chi connectivity index (χ4v) is 2.88. The quantitative estimate of drug-likeness (QED) is 0.599. The Morgan fingerprint density at radius 3 is 2.40 bits per heavy atom. The summed E-state index contributed by atoms with van der Waals surface area (Å²) in [7, 11) is 0. The molecule has 0 aliphatic carbocycles. The van der Waals surface area contributed by atoms with Crippen LogP contribution in [0, 0.1) is 0 Å². The molecule has 0 aromatic rings. The lowest BCUT2D eigenvalue weighted by atomic mass is 10.2. The lowest BCUT2D eigenvalue weighted by molar-refractivity contribution is 0.329. The van der Waals surface area contributed by atoms with Gasteiger partial charge in [-0.05, 0) is 25.5 Å². The Balaban J connectivity index is 3.55. The van der Waals surface area contributed by atoms with Crippen LogP contribution in [-0.2, 0) is 0 Å². The molecule has 0 bridgehead atoms. The zero-order valence-corrected chi connectivity index (χ0v) is 12.2. The average Bonchev–Trinajstić information content (AvgIpc) is 2.26. The van der Waals surface area contributed by atoms with E-state index < -0.39 is 0 Å². The van der Waals surface area contributed by atoms with Crippen LogP contribution in [-0.4, -0.2) is 54.7 Å². The van der Waals surface area contributed by atoms with Crippen LogP contribution >= 0.6 is 23.5 Å². The molecule has 4 heteroatoms. The van der Waals surface area contributed by atoms with Crippen LogP contribution in [0.15, 0.2) is 0 Å². The monoisotopic (exact) mass is 250 g/mol. The van der Waals surface area contributed by atoms with Gasteiger partial charge in [-0.3, -0.25) is 4.90 Å². The zero-order chi connectivity index (χ0) is 11.5. The molecule has 15 heavy (non-hydrogen) atoms. The van der Waals surface area contributed by atoms with Gasteiger partial charge in [-0.15, -0.1) is 11.8 Å². The Hall–Kier alpha value is 0.620. The van der Waals surface area contributed by atoms with E-state index in [4.69, 9.17) is 0 Å². The summed E-state index contributed by atoms with van der Waals surface area (Å²) in [6.07, 6.45) is 5.57. The van der Waals surface area contributed by atoms with E-state index in [0.717, 1.165) is 19.0 Å². The highest BCUT2D eigenvalue weighted by molar-refractivity contribution is 7.98. The normalized spacial score (nSPS) is 13.4. The smallest absolute Gasteiger partial charge is 0.0441 e. The van der Waals surface area contributed by atoms with Crippen molar-refractivity contribution in [1.82, 2.24) is 10.2 Å². The maximum absolute atomic E-state index is 3.62. The SMILES string of the molecule is CCC(CSC)NCCN(CC)CSC. The molecule has 92 valence electrons. The van der Waals surface area contributed by atoms with Crippen LogP contribution in [0.3, 0.4) is 0 Å². The minimum atomic E-state index is 0.688. The van der Waals surface area contributed by atoms with Gasteiger partial charge >= 0.3 is 0 Å². The minimum Gasteiger partial charge on any atom is -0.312 e. The predicted molar refractivity (Wildman–Crippen MR) is 76.1 cm³/mol. The molecule has 1 atom stereocenters. The zero-order valence-electron chi connectivity index (χ0n) is 10.6. The molecule has 0 spiro atoms. The minimum absolute atomic E-state index is 0.688. The van der Waals surface area contributed by atoms with Crippen molar-refractivity contribution < 1.29 is 0 Å². The maximum atomic E-state index is 3.62. The van der Waals surface area contributed by atoms with Gasteiger partial charge in [-0.2, -0.15) is 11.8 Å². The Kier molecular flexibility index (Phi) is 11.6. The molecule has 0 aliphatic rings. The van der Waals surface area contributed by atoms with Crippen molar-refractivity contribution in [2.45, 2.75) is 26.3 Å². The number of hydrogen-bond donors (Lipinski definition) is 1. The summed E-state index contributed by atoms with van der Waals surface area (Å²) in [5, 5.41) is 3.62. The highest BCUT2D eigenvalue weighted by Crippen LogP contribution is 2.01.